The molecule has 2 unspecified atom stereocenters. The minimum Gasteiger partial charge on any atom is -0.385 e. The maximum atomic E-state index is 13.7. The van der Waals surface area contributed by atoms with E-state index in [9.17, 15) is 19.1 Å². The number of piperidine rings is 1. The summed E-state index contributed by atoms with van der Waals surface area (Å²) in [5.74, 6) is 1.05. The van der Waals surface area contributed by atoms with Gasteiger partial charge in [0.05, 0.1) is 12.3 Å². The fourth-order valence-electron chi connectivity index (χ4n) is 7.47. The number of benzene rings is 1. The normalized spacial score (nSPS) is 20.6. The number of nitrogens with zero attached hydrogens (tertiary/aromatic N) is 6. The van der Waals surface area contributed by atoms with Gasteiger partial charge >= 0.3 is 0 Å². The second-order valence-corrected chi connectivity index (χ2v) is 13.0. The van der Waals surface area contributed by atoms with Gasteiger partial charge in [-0.05, 0) is 84.0 Å². The van der Waals surface area contributed by atoms with Gasteiger partial charge in [-0.15, -0.1) is 0 Å². The topological polar surface area (TPSA) is 129 Å². The average Bonchev–Trinajstić information content (AvgIpc) is 3.46. The molecule has 3 aromatic heterocycles. The van der Waals surface area contributed by atoms with Crippen molar-refractivity contribution >= 4 is 11.0 Å². The van der Waals surface area contributed by atoms with Crippen LogP contribution in [0.2, 0.25) is 0 Å². The highest BCUT2D eigenvalue weighted by Crippen LogP contribution is 2.33. The molecule has 0 amide bonds. The summed E-state index contributed by atoms with van der Waals surface area (Å²) in [6, 6.07) is 4.58. The van der Waals surface area contributed by atoms with Crippen molar-refractivity contribution in [3.63, 3.8) is 0 Å². The number of aryl methyl sites for hydroxylation is 2. The molecule has 0 spiro atoms. The quantitative estimate of drug-likeness (QED) is 0.306. The zero-order valence-electron chi connectivity index (χ0n) is 26.5. The lowest BCUT2D eigenvalue weighted by Gasteiger charge is -2.31. The minimum atomic E-state index is -0.700. The molecule has 1 saturated heterocycles. The van der Waals surface area contributed by atoms with Crippen molar-refractivity contribution in [3.05, 3.63) is 84.6 Å². The molecule has 0 radical (unpaired) electrons. The van der Waals surface area contributed by atoms with Gasteiger partial charge in [-0.25, -0.2) is 14.4 Å². The van der Waals surface area contributed by atoms with Crippen molar-refractivity contribution in [2.45, 2.75) is 96.4 Å². The van der Waals surface area contributed by atoms with Crippen LogP contribution in [-0.4, -0.2) is 60.5 Å². The van der Waals surface area contributed by atoms with Gasteiger partial charge in [-0.3, -0.25) is 18.7 Å². The fraction of sp³-hybridized carbons (Fsp3) is 0.559. The number of hydrogen-bond acceptors (Lipinski definition) is 9. The molecule has 7 rings (SSSR count). The van der Waals surface area contributed by atoms with E-state index in [1.165, 1.54) is 12.1 Å². The van der Waals surface area contributed by atoms with E-state index in [0.717, 1.165) is 74.1 Å². The first-order valence-electron chi connectivity index (χ1n) is 16.6. The Labute approximate surface area is 266 Å². The molecular weight excluding hydrogens is 591 g/mol. The monoisotopic (exact) mass is 632 g/mol. The summed E-state index contributed by atoms with van der Waals surface area (Å²) < 4.78 is 28.6. The summed E-state index contributed by atoms with van der Waals surface area (Å²) in [6.45, 7) is 7.77. The van der Waals surface area contributed by atoms with Crippen molar-refractivity contribution < 1.29 is 18.8 Å². The molecule has 1 N–H and O–H groups in total. The second-order valence-electron chi connectivity index (χ2n) is 13.0. The Balaban J connectivity index is 0.976. The van der Waals surface area contributed by atoms with E-state index in [0.29, 0.717) is 67.4 Å². The number of aliphatic hydroxyl groups excluding tert-OH is 1. The molecule has 244 valence electrons. The number of hydrogen-bond donors (Lipinski definition) is 1. The van der Waals surface area contributed by atoms with Crippen LogP contribution in [0.3, 0.4) is 0 Å². The zero-order valence-corrected chi connectivity index (χ0v) is 26.5. The van der Waals surface area contributed by atoms with Gasteiger partial charge in [0.25, 0.3) is 11.1 Å². The third-order valence-corrected chi connectivity index (χ3v) is 10.1. The summed E-state index contributed by atoms with van der Waals surface area (Å²) in [5.41, 5.74) is 4.04. The second kappa shape index (κ2) is 12.8. The fourth-order valence-corrected chi connectivity index (χ4v) is 7.47. The van der Waals surface area contributed by atoms with Crippen LogP contribution in [0.1, 0.15) is 96.5 Å². The van der Waals surface area contributed by atoms with Gasteiger partial charge in [0.1, 0.15) is 29.7 Å². The van der Waals surface area contributed by atoms with Gasteiger partial charge in [-0.2, -0.15) is 0 Å². The van der Waals surface area contributed by atoms with Gasteiger partial charge in [0.15, 0.2) is 5.58 Å². The highest BCUT2D eigenvalue weighted by atomic mass is 19.1. The number of aromatic nitrogens is 5. The molecule has 0 bridgehead atoms. The molecule has 3 aliphatic heterocycles. The Morgan fingerprint density at radius 2 is 1.59 bits per heavy atom. The number of fused-ring (bicyclic) bond motifs is 3. The maximum Gasteiger partial charge on any atom is 0.257 e. The first-order valence-corrected chi connectivity index (χ1v) is 16.6. The standard InChI is InChI=1S/C34H41FN6O5/c1-20-24(11-17-39-15-9-22(10-16-39)30-26-8-7-23(35)19-29(26)46-38-30)33(43)41-14-4-6-28(32(41)37-20)45-18-12-25-21(2)36-31-27(42)5-3-13-40(31)34(25)44/h7-8,19,22,27-28,42H,3-6,9-18H2,1-2H3. The van der Waals surface area contributed by atoms with Gasteiger partial charge in [0.2, 0.25) is 0 Å². The van der Waals surface area contributed by atoms with E-state index in [1.54, 1.807) is 15.2 Å². The lowest BCUT2D eigenvalue weighted by Crippen LogP contribution is -2.38. The highest BCUT2D eigenvalue weighted by Gasteiger charge is 2.29. The van der Waals surface area contributed by atoms with E-state index in [1.807, 2.05) is 13.8 Å². The Bertz CT molecular complexity index is 1870. The minimum absolute atomic E-state index is 0.0125. The Hall–Kier alpha value is -3.74. The number of rotatable bonds is 8. The third kappa shape index (κ3) is 5.82. The largest absolute Gasteiger partial charge is 0.385 e. The molecule has 3 aliphatic rings. The summed E-state index contributed by atoms with van der Waals surface area (Å²) in [7, 11) is 0. The lowest BCUT2D eigenvalue weighted by atomic mass is 9.91. The summed E-state index contributed by atoms with van der Waals surface area (Å²) in [4.78, 5) is 38.7. The maximum absolute atomic E-state index is 13.7. The van der Waals surface area contributed by atoms with Crippen molar-refractivity contribution in [2.24, 2.45) is 0 Å². The molecule has 0 saturated carbocycles. The van der Waals surface area contributed by atoms with Crippen molar-refractivity contribution in [2.75, 3.05) is 26.2 Å². The lowest BCUT2D eigenvalue weighted by molar-refractivity contribution is 0.0276. The van der Waals surface area contributed by atoms with Crippen molar-refractivity contribution in [1.82, 2.24) is 29.2 Å². The van der Waals surface area contributed by atoms with Crippen LogP contribution in [-0.2, 0) is 30.7 Å². The summed E-state index contributed by atoms with van der Waals surface area (Å²) in [6.07, 6.45) is 4.83. The average molecular weight is 633 g/mol. The molecule has 1 aromatic carbocycles. The molecule has 12 heteroatoms. The predicted octanol–water partition coefficient (Wildman–Crippen LogP) is 4.04. The SMILES string of the molecule is Cc1nc2n(c(=O)c1CCOC1CCCn3c1nc(C)c(CCN1CCC(c4noc5cc(F)ccc45)CC1)c3=O)CCCC2O. The van der Waals surface area contributed by atoms with Gasteiger partial charge in [0, 0.05) is 65.9 Å². The number of likely N-dealkylation sites (tertiary alicyclic amines) is 1. The van der Waals surface area contributed by atoms with Gasteiger partial charge < -0.3 is 19.3 Å². The van der Waals surface area contributed by atoms with E-state index in [2.05, 4.69) is 15.0 Å². The van der Waals surface area contributed by atoms with E-state index in [4.69, 9.17) is 14.2 Å². The van der Waals surface area contributed by atoms with Crippen LogP contribution in [0.5, 0.6) is 0 Å². The zero-order chi connectivity index (χ0) is 31.9. The highest BCUT2D eigenvalue weighted by molar-refractivity contribution is 5.79. The smallest absolute Gasteiger partial charge is 0.257 e. The Morgan fingerprint density at radius 1 is 0.913 bits per heavy atom. The summed E-state index contributed by atoms with van der Waals surface area (Å²) >= 11 is 0. The van der Waals surface area contributed by atoms with E-state index >= 15 is 0 Å². The molecular formula is C34H41FN6O5. The van der Waals surface area contributed by atoms with Crippen molar-refractivity contribution in [1.29, 1.82) is 0 Å². The van der Waals surface area contributed by atoms with Crippen LogP contribution in [0.25, 0.3) is 11.0 Å². The number of aliphatic hydroxyl groups is 1. The molecule has 4 aromatic rings. The molecule has 11 nitrogen and oxygen atoms in total. The Kier molecular flexibility index (Phi) is 8.60. The van der Waals surface area contributed by atoms with E-state index < -0.39 is 6.10 Å². The molecule has 2 atom stereocenters. The number of halogens is 1. The Morgan fingerprint density at radius 3 is 2.35 bits per heavy atom. The van der Waals surface area contributed by atoms with Crippen molar-refractivity contribution in [3.8, 4) is 0 Å². The van der Waals surface area contributed by atoms with Crippen LogP contribution in [0.15, 0.2) is 32.3 Å². The van der Waals surface area contributed by atoms with Crippen LogP contribution < -0.4 is 11.1 Å². The van der Waals surface area contributed by atoms with E-state index in [-0.39, 0.29) is 29.0 Å². The first-order chi connectivity index (χ1) is 22.3. The van der Waals surface area contributed by atoms with Gasteiger partial charge in [-0.1, -0.05) is 5.16 Å². The molecule has 46 heavy (non-hydrogen) atoms. The molecule has 0 aliphatic carbocycles. The molecule has 1 fully saturated rings. The molecule has 6 heterocycles. The predicted molar refractivity (Wildman–Crippen MR) is 168 cm³/mol. The first kappa shape index (κ1) is 30.9. The third-order valence-electron chi connectivity index (χ3n) is 10.1. The van der Waals surface area contributed by atoms with Crippen LogP contribution in [0, 0.1) is 19.7 Å². The van der Waals surface area contributed by atoms with Crippen LogP contribution >= 0.6 is 0 Å². The summed E-state index contributed by atoms with van der Waals surface area (Å²) in [5, 5.41) is 15.4. The number of ether oxygens (including phenoxy) is 1. The van der Waals surface area contributed by atoms with Crippen LogP contribution in [0.4, 0.5) is 4.39 Å².